The molecule has 7 heteroatoms. The smallest absolute Gasteiger partial charge is 0.317 e. The van der Waals surface area contributed by atoms with Gasteiger partial charge in [0.25, 0.3) is 5.56 Å². The van der Waals surface area contributed by atoms with Gasteiger partial charge in [-0.25, -0.2) is 0 Å². The minimum absolute atomic E-state index is 0.0191. The second-order valence-electron chi connectivity index (χ2n) is 8.59. The Morgan fingerprint density at radius 1 is 1.14 bits per heavy atom. The summed E-state index contributed by atoms with van der Waals surface area (Å²) < 4.78 is 1.86. The number of likely N-dealkylation sites (tertiary alicyclic amines) is 1. The van der Waals surface area contributed by atoms with Gasteiger partial charge in [-0.3, -0.25) is 19.3 Å². The standard InChI is InChI=1S/C21H29N3O4/c25-19-8-4-7-17-15-9-16(12-23(11-15)13-20(26)27)18(24(17)19)10-22-21(28)14-5-2-1-3-6-14/h4,7-8,14-16,18H,1-3,5-6,9-13H2,(H,22,28)(H,26,27)/t15-,16+,18+/m1/s1. The molecule has 2 bridgehead atoms. The van der Waals surface area contributed by atoms with Gasteiger partial charge in [-0.15, -0.1) is 0 Å². The van der Waals surface area contributed by atoms with Crippen molar-refractivity contribution in [2.45, 2.75) is 50.5 Å². The van der Waals surface area contributed by atoms with Crippen LogP contribution in [-0.2, 0) is 9.59 Å². The van der Waals surface area contributed by atoms with Gasteiger partial charge >= 0.3 is 5.97 Å². The summed E-state index contributed by atoms with van der Waals surface area (Å²) in [7, 11) is 0. The molecule has 28 heavy (non-hydrogen) atoms. The first-order valence-electron chi connectivity index (χ1n) is 10.5. The Bertz CT molecular complexity index is 799. The Kier molecular flexibility index (Phi) is 5.53. The molecule has 1 aliphatic carbocycles. The van der Waals surface area contributed by atoms with Crippen molar-refractivity contribution in [3.8, 4) is 0 Å². The van der Waals surface area contributed by atoms with Crippen LogP contribution in [0.4, 0.5) is 0 Å². The lowest BCUT2D eigenvalue weighted by Gasteiger charge is -2.46. The SMILES string of the molecule is O=C(O)CN1C[C@H]2C[C@@H](C1)[C@H](CNC(=O)C1CCCCC1)n1c2cccc1=O. The number of carboxylic acids is 1. The van der Waals surface area contributed by atoms with Crippen LogP contribution in [0.15, 0.2) is 23.0 Å². The maximum Gasteiger partial charge on any atom is 0.317 e. The zero-order valence-electron chi connectivity index (χ0n) is 16.2. The molecule has 4 rings (SSSR count). The Morgan fingerprint density at radius 3 is 2.68 bits per heavy atom. The number of nitrogens with one attached hydrogen (secondary N) is 1. The van der Waals surface area contributed by atoms with Crippen molar-refractivity contribution in [3.05, 3.63) is 34.2 Å². The Balaban J connectivity index is 1.54. The van der Waals surface area contributed by atoms with E-state index in [-0.39, 0.29) is 41.8 Å². The van der Waals surface area contributed by atoms with Crippen molar-refractivity contribution in [2.24, 2.45) is 11.8 Å². The maximum atomic E-state index is 12.7. The van der Waals surface area contributed by atoms with Gasteiger partial charge in [0.15, 0.2) is 0 Å². The molecule has 152 valence electrons. The van der Waals surface area contributed by atoms with E-state index in [0.717, 1.165) is 37.8 Å². The lowest BCUT2D eigenvalue weighted by Crippen LogP contribution is -2.53. The van der Waals surface area contributed by atoms with Crippen molar-refractivity contribution < 1.29 is 14.7 Å². The van der Waals surface area contributed by atoms with Crippen LogP contribution in [0.1, 0.15) is 56.2 Å². The quantitative estimate of drug-likeness (QED) is 0.801. The molecule has 1 aromatic heterocycles. The lowest BCUT2D eigenvalue weighted by atomic mass is 9.78. The normalized spacial score (nSPS) is 27.8. The van der Waals surface area contributed by atoms with Crippen LogP contribution in [0, 0.1) is 11.8 Å². The predicted molar refractivity (Wildman–Crippen MR) is 104 cm³/mol. The molecule has 3 heterocycles. The fourth-order valence-corrected chi connectivity index (χ4v) is 5.43. The van der Waals surface area contributed by atoms with Crippen molar-refractivity contribution >= 4 is 11.9 Å². The Hall–Kier alpha value is -2.15. The van der Waals surface area contributed by atoms with Crippen LogP contribution in [-0.4, -0.2) is 52.6 Å². The van der Waals surface area contributed by atoms with E-state index < -0.39 is 5.97 Å². The van der Waals surface area contributed by atoms with E-state index in [2.05, 4.69) is 5.32 Å². The number of aromatic nitrogens is 1. The molecule has 0 aromatic carbocycles. The van der Waals surface area contributed by atoms with Gasteiger partial charge in [0.2, 0.25) is 5.91 Å². The zero-order valence-corrected chi connectivity index (χ0v) is 16.2. The number of carbonyl (C=O) groups is 2. The van der Waals surface area contributed by atoms with E-state index in [9.17, 15) is 19.5 Å². The van der Waals surface area contributed by atoms with E-state index in [1.807, 2.05) is 15.5 Å². The summed E-state index contributed by atoms with van der Waals surface area (Å²) in [6.07, 6.45) is 6.26. The highest BCUT2D eigenvalue weighted by Gasteiger charge is 2.41. The van der Waals surface area contributed by atoms with Gasteiger partial charge in [-0.05, 0) is 31.2 Å². The average Bonchev–Trinajstić information content (AvgIpc) is 2.68. The van der Waals surface area contributed by atoms with Gasteiger partial charge in [-0.2, -0.15) is 0 Å². The second-order valence-corrected chi connectivity index (χ2v) is 8.59. The number of pyridine rings is 1. The third kappa shape index (κ3) is 3.85. The predicted octanol–water partition coefficient (Wildman–Crippen LogP) is 1.59. The van der Waals surface area contributed by atoms with Gasteiger partial charge in [0.1, 0.15) is 0 Å². The Labute approximate surface area is 164 Å². The van der Waals surface area contributed by atoms with Crippen LogP contribution in [0.3, 0.4) is 0 Å². The number of aliphatic carboxylic acids is 1. The molecule has 2 fully saturated rings. The largest absolute Gasteiger partial charge is 0.480 e. The molecule has 0 radical (unpaired) electrons. The third-order valence-corrected chi connectivity index (χ3v) is 6.69. The summed E-state index contributed by atoms with van der Waals surface area (Å²) in [6.45, 7) is 1.76. The minimum atomic E-state index is -0.826. The molecule has 2 aliphatic heterocycles. The van der Waals surface area contributed by atoms with Crippen LogP contribution in [0.2, 0.25) is 0 Å². The lowest BCUT2D eigenvalue weighted by molar-refractivity contribution is -0.139. The minimum Gasteiger partial charge on any atom is -0.480 e. The monoisotopic (exact) mass is 387 g/mol. The first-order valence-corrected chi connectivity index (χ1v) is 10.5. The summed E-state index contributed by atoms with van der Waals surface area (Å²) in [5.74, 6) is -0.306. The van der Waals surface area contributed by atoms with Crippen molar-refractivity contribution in [1.82, 2.24) is 14.8 Å². The van der Waals surface area contributed by atoms with Crippen LogP contribution in [0.25, 0.3) is 0 Å². The highest BCUT2D eigenvalue weighted by molar-refractivity contribution is 5.78. The first-order chi connectivity index (χ1) is 13.5. The fraction of sp³-hybridized carbons (Fsp3) is 0.667. The number of amides is 1. The highest BCUT2D eigenvalue weighted by atomic mass is 16.4. The van der Waals surface area contributed by atoms with E-state index in [0.29, 0.717) is 19.6 Å². The van der Waals surface area contributed by atoms with E-state index in [4.69, 9.17) is 0 Å². The summed E-state index contributed by atoms with van der Waals surface area (Å²) in [4.78, 5) is 38.5. The van der Waals surface area contributed by atoms with Crippen molar-refractivity contribution in [3.63, 3.8) is 0 Å². The Morgan fingerprint density at radius 2 is 1.93 bits per heavy atom. The molecule has 7 nitrogen and oxygen atoms in total. The van der Waals surface area contributed by atoms with Crippen LogP contribution >= 0.6 is 0 Å². The number of fused-ring (bicyclic) bond motifs is 4. The number of rotatable bonds is 5. The summed E-state index contributed by atoms with van der Waals surface area (Å²) >= 11 is 0. The summed E-state index contributed by atoms with van der Waals surface area (Å²) in [5, 5.41) is 12.3. The van der Waals surface area contributed by atoms with Gasteiger partial charge in [0, 0.05) is 43.2 Å². The number of piperidine rings is 1. The van der Waals surface area contributed by atoms with E-state index in [1.54, 1.807) is 12.1 Å². The molecule has 2 N–H and O–H groups in total. The van der Waals surface area contributed by atoms with Crippen LogP contribution < -0.4 is 10.9 Å². The van der Waals surface area contributed by atoms with Crippen molar-refractivity contribution in [2.75, 3.05) is 26.2 Å². The maximum absolute atomic E-state index is 12.7. The van der Waals surface area contributed by atoms with E-state index >= 15 is 0 Å². The number of nitrogens with zero attached hydrogens (tertiary/aromatic N) is 2. The number of carboxylic acid groups (broad SMARTS) is 1. The molecule has 3 atom stereocenters. The molecule has 1 saturated heterocycles. The first kappa shape index (κ1) is 19.2. The average molecular weight is 387 g/mol. The molecule has 0 unspecified atom stereocenters. The molecular formula is C21H29N3O4. The molecule has 1 amide bonds. The molecule has 3 aliphatic rings. The molecular weight excluding hydrogens is 358 g/mol. The van der Waals surface area contributed by atoms with Crippen LogP contribution in [0.5, 0.6) is 0 Å². The van der Waals surface area contributed by atoms with E-state index in [1.165, 1.54) is 6.42 Å². The summed E-state index contributed by atoms with van der Waals surface area (Å²) in [5.41, 5.74) is 0.937. The topological polar surface area (TPSA) is 91.6 Å². The summed E-state index contributed by atoms with van der Waals surface area (Å²) in [6, 6.07) is 5.21. The van der Waals surface area contributed by atoms with Gasteiger partial charge in [0.05, 0.1) is 12.6 Å². The highest BCUT2D eigenvalue weighted by Crippen LogP contribution is 2.40. The molecule has 1 aromatic rings. The van der Waals surface area contributed by atoms with Crippen molar-refractivity contribution in [1.29, 1.82) is 0 Å². The number of hydrogen-bond donors (Lipinski definition) is 2. The molecule has 0 spiro atoms. The zero-order chi connectivity index (χ0) is 19.7. The number of carbonyl (C=O) groups excluding carboxylic acids is 1. The fourth-order valence-electron chi connectivity index (χ4n) is 5.43. The third-order valence-electron chi connectivity index (χ3n) is 6.69. The number of hydrogen-bond acceptors (Lipinski definition) is 4. The van der Waals surface area contributed by atoms with Gasteiger partial charge < -0.3 is 15.0 Å². The van der Waals surface area contributed by atoms with Gasteiger partial charge in [-0.1, -0.05) is 25.3 Å². The molecule has 1 saturated carbocycles. The second kappa shape index (κ2) is 8.07.